The van der Waals surface area contributed by atoms with Crippen molar-refractivity contribution in [2.24, 2.45) is 0 Å². The Morgan fingerprint density at radius 1 is 1.29 bits per heavy atom. The number of carboxylic acids is 1. The Morgan fingerprint density at radius 3 is 2.62 bits per heavy atom. The number of amides is 1. The summed E-state index contributed by atoms with van der Waals surface area (Å²) < 4.78 is 5.63. The number of aryl methyl sites for hydroxylation is 2. The predicted octanol–water partition coefficient (Wildman–Crippen LogP) is 2.40. The van der Waals surface area contributed by atoms with E-state index in [9.17, 15) is 9.59 Å². The minimum atomic E-state index is -0.993. The van der Waals surface area contributed by atoms with Crippen molar-refractivity contribution in [3.8, 4) is 5.75 Å². The van der Waals surface area contributed by atoms with E-state index >= 15 is 0 Å². The Morgan fingerprint density at radius 2 is 2.00 bits per heavy atom. The van der Waals surface area contributed by atoms with Crippen LogP contribution in [-0.2, 0) is 9.59 Å². The van der Waals surface area contributed by atoms with Crippen LogP contribution in [0.4, 0.5) is 0 Å². The average molecular weight is 293 g/mol. The summed E-state index contributed by atoms with van der Waals surface area (Å²) in [4.78, 5) is 24.1. The van der Waals surface area contributed by atoms with Gasteiger partial charge in [-0.15, -0.1) is 0 Å². The number of carbonyl (C=O) groups excluding carboxylic acids is 1. The maximum Gasteiger partial charge on any atom is 0.323 e. The van der Waals surface area contributed by atoms with Gasteiger partial charge >= 0.3 is 5.97 Å². The normalized spacial score (nSPS) is 10.2. The summed E-state index contributed by atoms with van der Waals surface area (Å²) in [5.41, 5.74) is 2.12. The van der Waals surface area contributed by atoms with Crippen LogP contribution in [0, 0.1) is 13.8 Å². The van der Waals surface area contributed by atoms with Crippen molar-refractivity contribution < 1.29 is 19.4 Å². The van der Waals surface area contributed by atoms with Crippen molar-refractivity contribution in [2.75, 3.05) is 19.7 Å². The Kier molecular flexibility index (Phi) is 6.72. The predicted molar refractivity (Wildman–Crippen MR) is 80.5 cm³/mol. The van der Waals surface area contributed by atoms with Crippen LogP contribution in [0.5, 0.6) is 5.75 Å². The fraction of sp³-hybridized carbons (Fsp3) is 0.500. The fourth-order valence-corrected chi connectivity index (χ4v) is 1.99. The summed E-state index contributed by atoms with van der Waals surface area (Å²) in [5, 5.41) is 8.80. The number of rotatable bonds is 8. The Balaban J connectivity index is 2.51. The number of hydrogen-bond acceptors (Lipinski definition) is 3. The zero-order chi connectivity index (χ0) is 15.8. The van der Waals surface area contributed by atoms with Crippen molar-refractivity contribution in [3.05, 3.63) is 29.3 Å². The van der Waals surface area contributed by atoms with Gasteiger partial charge in [0, 0.05) is 6.54 Å². The number of ether oxygens (including phenoxy) is 1. The molecule has 0 aliphatic carbocycles. The molecule has 0 saturated heterocycles. The van der Waals surface area contributed by atoms with E-state index in [-0.39, 0.29) is 25.5 Å². The van der Waals surface area contributed by atoms with Gasteiger partial charge < -0.3 is 14.7 Å². The third-order valence-electron chi connectivity index (χ3n) is 3.09. The molecule has 1 rings (SSSR count). The molecule has 1 aromatic carbocycles. The maximum atomic E-state index is 12.0. The summed E-state index contributed by atoms with van der Waals surface area (Å²) in [5.74, 6) is -0.417. The second-order valence-electron chi connectivity index (χ2n) is 5.08. The van der Waals surface area contributed by atoms with Crippen molar-refractivity contribution in [2.45, 2.75) is 33.6 Å². The number of nitrogens with zero attached hydrogens (tertiary/aromatic N) is 1. The van der Waals surface area contributed by atoms with E-state index in [0.717, 1.165) is 23.3 Å². The van der Waals surface area contributed by atoms with E-state index in [1.165, 1.54) is 4.90 Å². The van der Waals surface area contributed by atoms with Crippen molar-refractivity contribution in [1.29, 1.82) is 0 Å². The van der Waals surface area contributed by atoms with Crippen LogP contribution >= 0.6 is 0 Å². The molecule has 1 aromatic rings. The van der Waals surface area contributed by atoms with E-state index in [1.807, 2.05) is 39.0 Å². The van der Waals surface area contributed by atoms with E-state index in [0.29, 0.717) is 6.54 Å². The first-order chi connectivity index (χ1) is 9.93. The van der Waals surface area contributed by atoms with E-state index in [2.05, 4.69) is 0 Å². The van der Waals surface area contributed by atoms with Crippen LogP contribution in [0.2, 0.25) is 0 Å². The molecule has 5 heteroatoms. The van der Waals surface area contributed by atoms with Crippen LogP contribution in [0.25, 0.3) is 0 Å². The number of carboxylic acid groups (broad SMARTS) is 1. The molecule has 0 heterocycles. The third kappa shape index (κ3) is 5.85. The standard InChI is InChI=1S/C16H23NO4/c1-4-8-17(11-16(19)20)15(18)7-9-21-14-10-12(2)5-6-13(14)3/h5-6,10H,4,7-9,11H2,1-3H3,(H,19,20). The molecule has 0 aromatic heterocycles. The molecule has 116 valence electrons. The summed E-state index contributed by atoms with van der Waals surface area (Å²) in [7, 11) is 0. The molecular weight excluding hydrogens is 270 g/mol. The van der Waals surface area contributed by atoms with Crippen LogP contribution in [0.1, 0.15) is 30.9 Å². The molecule has 0 atom stereocenters. The van der Waals surface area contributed by atoms with Crippen LogP contribution in [0.15, 0.2) is 18.2 Å². The second-order valence-corrected chi connectivity index (χ2v) is 5.08. The number of hydrogen-bond donors (Lipinski definition) is 1. The summed E-state index contributed by atoms with van der Waals surface area (Å²) in [6.45, 7) is 6.29. The number of carbonyl (C=O) groups is 2. The Hall–Kier alpha value is -2.04. The van der Waals surface area contributed by atoms with Gasteiger partial charge in [0.15, 0.2) is 0 Å². The lowest BCUT2D eigenvalue weighted by Crippen LogP contribution is -2.36. The molecule has 0 aliphatic rings. The molecule has 0 fully saturated rings. The first-order valence-corrected chi connectivity index (χ1v) is 7.13. The molecule has 21 heavy (non-hydrogen) atoms. The van der Waals surface area contributed by atoms with Gasteiger partial charge in [-0.3, -0.25) is 9.59 Å². The lowest BCUT2D eigenvalue weighted by Gasteiger charge is -2.20. The van der Waals surface area contributed by atoms with E-state index in [1.54, 1.807) is 0 Å². The lowest BCUT2D eigenvalue weighted by molar-refractivity contribution is -0.144. The largest absolute Gasteiger partial charge is 0.493 e. The van der Waals surface area contributed by atoms with Gasteiger partial charge in [-0.05, 0) is 37.5 Å². The van der Waals surface area contributed by atoms with Gasteiger partial charge in [-0.1, -0.05) is 19.1 Å². The fourth-order valence-electron chi connectivity index (χ4n) is 1.99. The van der Waals surface area contributed by atoms with E-state index in [4.69, 9.17) is 9.84 Å². The number of benzene rings is 1. The highest BCUT2D eigenvalue weighted by Crippen LogP contribution is 2.19. The molecule has 1 N–H and O–H groups in total. The monoisotopic (exact) mass is 293 g/mol. The minimum absolute atomic E-state index is 0.181. The van der Waals surface area contributed by atoms with Gasteiger partial charge in [0.2, 0.25) is 5.91 Å². The van der Waals surface area contributed by atoms with Crippen molar-refractivity contribution in [1.82, 2.24) is 4.90 Å². The van der Waals surface area contributed by atoms with Gasteiger partial charge in [0.25, 0.3) is 0 Å². The molecule has 0 bridgehead atoms. The first-order valence-electron chi connectivity index (χ1n) is 7.13. The highest BCUT2D eigenvalue weighted by molar-refractivity contribution is 5.81. The zero-order valence-corrected chi connectivity index (χ0v) is 12.9. The quantitative estimate of drug-likeness (QED) is 0.799. The zero-order valence-electron chi connectivity index (χ0n) is 12.9. The molecule has 0 saturated carbocycles. The van der Waals surface area contributed by atoms with Crippen LogP contribution in [-0.4, -0.2) is 41.6 Å². The summed E-state index contributed by atoms with van der Waals surface area (Å²) in [6, 6.07) is 5.91. The first kappa shape index (κ1) is 17.0. The Labute approximate surface area is 125 Å². The average Bonchev–Trinajstić information content (AvgIpc) is 2.41. The molecule has 1 amide bonds. The summed E-state index contributed by atoms with van der Waals surface area (Å²) in [6.07, 6.45) is 0.914. The highest BCUT2D eigenvalue weighted by Gasteiger charge is 2.15. The SMILES string of the molecule is CCCN(CC(=O)O)C(=O)CCOc1cc(C)ccc1C. The maximum absolute atomic E-state index is 12.0. The number of aliphatic carboxylic acids is 1. The van der Waals surface area contributed by atoms with Crippen molar-refractivity contribution >= 4 is 11.9 Å². The van der Waals surface area contributed by atoms with E-state index < -0.39 is 5.97 Å². The molecular formula is C16H23NO4. The molecule has 0 spiro atoms. The molecule has 0 aliphatic heterocycles. The molecule has 0 unspecified atom stereocenters. The van der Waals surface area contributed by atoms with Crippen LogP contribution in [0.3, 0.4) is 0 Å². The summed E-state index contributed by atoms with van der Waals surface area (Å²) >= 11 is 0. The highest BCUT2D eigenvalue weighted by atomic mass is 16.5. The third-order valence-corrected chi connectivity index (χ3v) is 3.09. The van der Waals surface area contributed by atoms with Gasteiger partial charge in [-0.2, -0.15) is 0 Å². The molecule has 5 nitrogen and oxygen atoms in total. The lowest BCUT2D eigenvalue weighted by atomic mass is 10.1. The topological polar surface area (TPSA) is 66.8 Å². The smallest absolute Gasteiger partial charge is 0.323 e. The molecule has 0 radical (unpaired) electrons. The minimum Gasteiger partial charge on any atom is -0.493 e. The van der Waals surface area contributed by atoms with Gasteiger partial charge in [0.1, 0.15) is 12.3 Å². The second kappa shape index (κ2) is 8.29. The van der Waals surface area contributed by atoms with Crippen molar-refractivity contribution in [3.63, 3.8) is 0 Å². The Bertz CT molecular complexity index is 499. The van der Waals surface area contributed by atoms with Gasteiger partial charge in [0.05, 0.1) is 13.0 Å². The van der Waals surface area contributed by atoms with Crippen LogP contribution < -0.4 is 4.74 Å². The van der Waals surface area contributed by atoms with Gasteiger partial charge in [-0.25, -0.2) is 0 Å².